The Hall–Kier alpha value is -1.59. The van der Waals surface area contributed by atoms with E-state index in [1.807, 2.05) is 25.8 Å². The molecule has 0 radical (unpaired) electrons. The molecule has 1 aromatic rings. The van der Waals surface area contributed by atoms with Crippen molar-refractivity contribution in [2.45, 2.75) is 13.8 Å². The van der Waals surface area contributed by atoms with E-state index in [1.54, 1.807) is 0 Å². The zero-order chi connectivity index (χ0) is 10.6. The third kappa shape index (κ3) is 2.45. The van der Waals surface area contributed by atoms with E-state index in [4.69, 9.17) is 10.5 Å². The van der Waals surface area contributed by atoms with Crippen LogP contribution in [0, 0.1) is 0 Å². The Labute approximate surface area is 83.1 Å². The van der Waals surface area contributed by atoms with Crippen molar-refractivity contribution in [2.75, 3.05) is 30.8 Å². The summed E-state index contributed by atoms with van der Waals surface area (Å²) >= 11 is 0. The molecule has 14 heavy (non-hydrogen) atoms. The van der Waals surface area contributed by atoms with Gasteiger partial charge < -0.3 is 15.4 Å². The van der Waals surface area contributed by atoms with E-state index in [-0.39, 0.29) is 12.0 Å². The summed E-state index contributed by atoms with van der Waals surface area (Å²) in [6.07, 6.45) is 0. The molecule has 0 amide bonds. The number of ether oxygens (including phenoxy) is 1. The van der Waals surface area contributed by atoms with Gasteiger partial charge in [-0.2, -0.15) is 15.0 Å². The fourth-order valence-electron chi connectivity index (χ4n) is 0.867. The van der Waals surface area contributed by atoms with Crippen molar-refractivity contribution >= 4 is 11.9 Å². The zero-order valence-corrected chi connectivity index (χ0v) is 8.69. The molecule has 6 nitrogen and oxygen atoms in total. The van der Waals surface area contributed by atoms with Crippen molar-refractivity contribution in [2.24, 2.45) is 0 Å². The van der Waals surface area contributed by atoms with E-state index in [9.17, 15) is 0 Å². The zero-order valence-electron chi connectivity index (χ0n) is 8.69. The maximum Gasteiger partial charge on any atom is 0.323 e. The van der Waals surface area contributed by atoms with Gasteiger partial charge in [0.25, 0.3) is 0 Å². The van der Waals surface area contributed by atoms with E-state index in [2.05, 4.69) is 15.0 Å². The van der Waals surface area contributed by atoms with Crippen molar-refractivity contribution in [3.05, 3.63) is 0 Å². The molecule has 1 aromatic heterocycles. The fourth-order valence-corrected chi connectivity index (χ4v) is 0.867. The van der Waals surface area contributed by atoms with Crippen LogP contribution in [0.4, 0.5) is 11.9 Å². The van der Waals surface area contributed by atoms with Gasteiger partial charge in [-0.3, -0.25) is 0 Å². The predicted octanol–water partition coefficient (Wildman–Crippen LogP) is 0.309. The molecular weight excluding hydrogens is 182 g/mol. The summed E-state index contributed by atoms with van der Waals surface area (Å²) < 4.78 is 5.15. The summed E-state index contributed by atoms with van der Waals surface area (Å²) in [4.78, 5) is 13.8. The van der Waals surface area contributed by atoms with E-state index < -0.39 is 0 Å². The van der Waals surface area contributed by atoms with E-state index in [0.29, 0.717) is 12.6 Å². The van der Waals surface area contributed by atoms with Crippen molar-refractivity contribution < 1.29 is 4.74 Å². The lowest BCUT2D eigenvalue weighted by atomic mass is 10.6. The summed E-state index contributed by atoms with van der Waals surface area (Å²) in [7, 11) is 1.88. The first-order valence-electron chi connectivity index (χ1n) is 4.52. The van der Waals surface area contributed by atoms with Crippen LogP contribution in [-0.4, -0.2) is 35.2 Å². The quantitative estimate of drug-likeness (QED) is 0.748. The van der Waals surface area contributed by atoms with Crippen LogP contribution < -0.4 is 15.4 Å². The Balaban J connectivity index is 2.94. The van der Waals surface area contributed by atoms with Gasteiger partial charge in [-0.05, 0) is 13.8 Å². The molecular formula is C8H15N5O. The largest absolute Gasteiger partial charge is 0.464 e. The second-order valence-electron chi connectivity index (χ2n) is 2.72. The minimum absolute atomic E-state index is 0.179. The topological polar surface area (TPSA) is 77.2 Å². The van der Waals surface area contributed by atoms with Gasteiger partial charge in [-0.25, -0.2) is 0 Å². The molecule has 0 bridgehead atoms. The highest BCUT2D eigenvalue weighted by Gasteiger charge is 2.07. The molecule has 0 aromatic carbocycles. The van der Waals surface area contributed by atoms with Crippen molar-refractivity contribution in [3.8, 4) is 6.01 Å². The Morgan fingerprint density at radius 1 is 1.29 bits per heavy atom. The highest BCUT2D eigenvalue weighted by Crippen LogP contribution is 2.11. The summed E-state index contributed by atoms with van der Waals surface area (Å²) in [6, 6.07) is 0.273. The third-order valence-corrected chi connectivity index (χ3v) is 1.71. The number of nitrogens with two attached hydrogens (primary N) is 1. The fraction of sp³-hybridized carbons (Fsp3) is 0.625. The number of anilines is 2. The molecule has 1 heterocycles. The molecule has 0 unspecified atom stereocenters. The molecule has 0 fully saturated rings. The summed E-state index contributed by atoms with van der Waals surface area (Å²) in [5, 5.41) is 0. The van der Waals surface area contributed by atoms with Crippen molar-refractivity contribution in [1.82, 2.24) is 15.0 Å². The van der Waals surface area contributed by atoms with Crippen LogP contribution in [0.2, 0.25) is 0 Å². The second kappa shape index (κ2) is 4.59. The molecule has 0 aliphatic carbocycles. The number of nitrogens with zero attached hydrogens (tertiary/aromatic N) is 4. The predicted molar refractivity (Wildman–Crippen MR) is 54.4 cm³/mol. The lowest BCUT2D eigenvalue weighted by Gasteiger charge is -2.14. The normalized spacial score (nSPS) is 9.93. The van der Waals surface area contributed by atoms with Gasteiger partial charge in [0.15, 0.2) is 0 Å². The van der Waals surface area contributed by atoms with Crippen LogP contribution in [0.3, 0.4) is 0 Å². The molecule has 2 N–H and O–H groups in total. The van der Waals surface area contributed by atoms with Crippen molar-refractivity contribution in [3.63, 3.8) is 0 Å². The highest BCUT2D eigenvalue weighted by atomic mass is 16.5. The Kier molecular flexibility index (Phi) is 3.44. The van der Waals surface area contributed by atoms with Gasteiger partial charge in [0, 0.05) is 13.6 Å². The standard InChI is InChI=1S/C8H15N5O/c1-4-13(3)7-10-6(9)11-8(12-7)14-5-2/h4-5H2,1-3H3,(H2,9,10,11,12). The van der Waals surface area contributed by atoms with E-state index >= 15 is 0 Å². The van der Waals surface area contributed by atoms with E-state index in [1.165, 1.54) is 0 Å². The first-order chi connectivity index (χ1) is 6.67. The summed E-state index contributed by atoms with van der Waals surface area (Å²) in [6.45, 7) is 5.18. The van der Waals surface area contributed by atoms with Gasteiger partial charge >= 0.3 is 6.01 Å². The van der Waals surface area contributed by atoms with Gasteiger partial charge in [0.1, 0.15) is 0 Å². The molecule has 0 aliphatic rings. The van der Waals surface area contributed by atoms with Gasteiger partial charge in [0.05, 0.1) is 6.61 Å². The van der Waals surface area contributed by atoms with Gasteiger partial charge in [0.2, 0.25) is 11.9 Å². The second-order valence-corrected chi connectivity index (χ2v) is 2.72. The molecule has 0 atom stereocenters. The van der Waals surface area contributed by atoms with Crippen LogP contribution in [0.5, 0.6) is 6.01 Å². The van der Waals surface area contributed by atoms with Crippen LogP contribution in [-0.2, 0) is 0 Å². The lowest BCUT2D eigenvalue weighted by molar-refractivity contribution is 0.312. The average Bonchev–Trinajstić information content (AvgIpc) is 2.16. The number of nitrogen functional groups attached to an aromatic ring is 1. The highest BCUT2D eigenvalue weighted by molar-refractivity contribution is 5.34. The van der Waals surface area contributed by atoms with Crippen LogP contribution >= 0.6 is 0 Å². The molecule has 78 valence electrons. The van der Waals surface area contributed by atoms with Gasteiger partial charge in [-0.1, -0.05) is 0 Å². The van der Waals surface area contributed by atoms with Crippen LogP contribution in [0.1, 0.15) is 13.8 Å². The van der Waals surface area contributed by atoms with Crippen LogP contribution in [0.25, 0.3) is 0 Å². The molecule has 0 saturated carbocycles. The SMILES string of the molecule is CCOc1nc(N)nc(N(C)CC)n1. The molecule has 0 aliphatic heterocycles. The van der Waals surface area contributed by atoms with Crippen molar-refractivity contribution in [1.29, 1.82) is 0 Å². The Bertz CT molecular complexity index is 304. The smallest absolute Gasteiger partial charge is 0.323 e. The third-order valence-electron chi connectivity index (χ3n) is 1.71. The van der Waals surface area contributed by atoms with Gasteiger partial charge in [-0.15, -0.1) is 0 Å². The maximum absolute atomic E-state index is 5.51. The maximum atomic E-state index is 5.51. The minimum atomic E-state index is 0.179. The van der Waals surface area contributed by atoms with Crippen LogP contribution in [0.15, 0.2) is 0 Å². The Morgan fingerprint density at radius 2 is 2.00 bits per heavy atom. The molecule has 6 heteroatoms. The number of aromatic nitrogens is 3. The first-order valence-corrected chi connectivity index (χ1v) is 4.52. The first kappa shape index (κ1) is 10.5. The monoisotopic (exact) mass is 197 g/mol. The Morgan fingerprint density at radius 3 is 2.57 bits per heavy atom. The average molecular weight is 197 g/mol. The summed E-state index contributed by atoms with van der Waals surface area (Å²) in [5.41, 5.74) is 5.51. The summed E-state index contributed by atoms with van der Waals surface area (Å²) in [5.74, 6) is 0.710. The molecule has 0 spiro atoms. The molecule has 1 rings (SSSR count). The van der Waals surface area contributed by atoms with E-state index in [0.717, 1.165) is 6.54 Å². The number of hydrogen-bond acceptors (Lipinski definition) is 6. The lowest BCUT2D eigenvalue weighted by Crippen LogP contribution is -2.20. The number of rotatable bonds is 4. The minimum Gasteiger partial charge on any atom is -0.464 e. The molecule has 0 saturated heterocycles. The number of hydrogen-bond donors (Lipinski definition) is 1.